The van der Waals surface area contributed by atoms with E-state index >= 15 is 0 Å². The first-order valence-corrected chi connectivity index (χ1v) is 16.8. The molecule has 230 valence electrons. The first-order valence-electron chi connectivity index (χ1n) is 15.3. The van der Waals surface area contributed by atoms with Crippen molar-refractivity contribution in [1.29, 1.82) is 0 Å². The fourth-order valence-electron chi connectivity index (χ4n) is 3.79. The number of aliphatic hydroxyl groups excluding tert-OH is 1. The summed E-state index contributed by atoms with van der Waals surface area (Å²) in [6.45, 7) is 6.53. The number of phosphoric ester groups is 1. The smallest absolute Gasteiger partial charge is 0.308 e. The molecule has 0 aliphatic heterocycles. The molecule has 8 nitrogen and oxygen atoms in total. The van der Waals surface area contributed by atoms with Crippen LogP contribution in [0, 0.1) is 0 Å². The molecule has 0 amide bonds. The Morgan fingerprint density at radius 2 is 1.18 bits per heavy atom. The van der Waals surface area contributed by atoms with E-state index in [2.05, 4.69) is 11.4 Å². The third-order valence-corrected chi connectivity index (χ3v) is 7.06. The average molecular weight is 568 g/mol. The van der Waals surface area contributed by atoms with Crippen LogP contribution < -0.4 is 4.89 Å². The second-order valence-corrected chi connectivity index (χ2v) is 12.4. The maximum absolute atomic E-state index is 11.8. The van der Waals surface area contributed by atoms with E-state index in [1.54, 1.807) is 0 Å². The van der Waals surface area contributed by atoms with Gasteiger partial charge in [-0.25, -0.2) is 0 Å². The zero-order valence-corrected chi connectivity index (χ0v) is 26.6. The number of rotatable bonds is 26. The topological polar surface area (TPSA) is 105 Å². The Morgan fingerprint density at radius 1 is 0.763 bits per heavy atom. The van der Waals surface area contributed by atoms with E-state index in [0.717, 1.165) is 19.3 Å². The highest BCUT2D eigenvalue weighted by atomic mass is 31.2. The lowest BCUT2D eigenvalue weighted by Gasteiger charge is -2.27. The van der Waals surface area contributed by atoms with Gasteiger partial charge in [-0.15, -0.1) is 0 Å². The summed E-state index contributed by atoms with van der Waals surface area (Å²) in [5.41, 5.74) is 0. The Bertz CT molecular complexity index is 570. The Hall–Kier alpha value is -0.500. The fourth-order valence-corrected chi connectivity index (χ4v) is 4.52. The van der Waals surface area contributed by atoms with Crippen molar-refractivity contribution >= 4 is 13.8 Å². The van der Waals surface area contributed by atoms with Crippen LogP contribution in [-0.4, -0.2) is 69.2 Å². The number of carbonyl (C=O) groups is 1. The van der Waals surface area contributed by atoms with Crippen LogP contribution in [0.1, 0.15) is 130 Å². The first kappa shape index (κ1) is 39.6. The van der Waals surface area contributed by atoms with Gasteiger partial charge < -0.3 is 28.3 Å². The van der Waals surface area contributed by atoms with Crippen molar-refractivity contribution in [2.75, 3.05) is 47.5 Å². The molecule has 0 saturated carbocycles. The summed E-state index contributed by atoms with van der Waals surface area (Å²) in [7, 11) is 1.23. The summed E-state index contributed by atoms with van der Waals surface area (Å²) >= 11 is 0. The van der Waals surface area contributed by atoms with E-state index in [-0.39, 0.29) is 13.0 Å². The second kappa shape index (κ2) is 26.7. The zero-order valence-electron chi connectivity index (χ0n) is 25.7. The van der Waals surface area contributed by atoms with Crippen LogP contribution in [0.5, 0.6) is 0 Å². The maximum Gasteiger partial charge on any atom is 0.308 e. The van der Waals surface area contributed by atoms with E-state index in [9.17, 15) is 19.4 Å². The van der Waals surface area contributed by atoms with Gasteiger partial charge in [0.2, 0.25) is 0 Å². The quantitative estimate of drug-likeness (QED) is 0.0532. The molecule has 0 aromatic carbocycles. The molecule has 0 aliphatic carbocycles. The van der Waals surface area contributed by atoms with Gasteiger partial charge >= 0.3 is 5.97 Å². The molecular formula is C29H62NO7P. The Labute approximate surface area is 235 Å². The predicted molar refractivity (Wildman–Crippen MR) is 155 cm³/mol. The van der Waals surface area contributed by atoms with Crippen LogP contribution in [0.3, 0.4) is 0 Å². The van der Waals surface area contributed by atoms with Crippen molar-refractivity contribution in [3.63, 3.8) is 0 Å². The van der Waals surface area contributed by atoms with Gasteiger partial charge in [-0.05, 0) is 6.42 Å². The number of hydrogen-bond acceptors (Lipinski definition) is 7. The summed E-state index contributed by atoms with van der Waals surface area (Å²) in [6.07, 6.45) is 19.0. The standard InChI is InChI=1S/C27H56NO7P.C2H6/c1-5-6-7-8-9-10-11-12-13-14-15-16-17-18-19-20-22-33-27(30)24-26(29)25-35-36(31,32)34-23-21-28(2,3)4;1-2/h26,29H,5-25H2,1-4H3;1-2H3. The number of likely N-dealkylation sites (N-methyl/N-ethyl adjacent to an activating group) is 1. The van der Waals surface area contributed by atoms with Crippen LogP contribution in [0.2, 0.25) is 0 Å². The molecule has 0 radical (unpaired) electrons. The van der Waals surface area contributed by atoms with Gasteiger partial charge in [0.1, 0.15) is 13.2 Å². The molecule has 1 N–H and O–H groups in total. The van der Waals surface area contributed by atoms with Gasteiger partial charge in [0.05, 0.1) is 46.9 Å². The minimum atomic E-state index is -4.50. The molecule has 9 heteroatoms. The Balaban J connectivity index is 0. The second-order valence-electron chi connectivity index (χ2n) is 11.0. The normalized spacial score (nSPS) is 13.9. The first-order chi connectivity index (χ1) is 18.1. The summed E-state index contributed by atoms with van der Waals surface area (Å²) in [4.78, 5) is 23.5. The SMILES string of the molecule is CC.CCCCCCCCCCCCCCCCCCOC(=O)CC(O)COP(=O)([O-])OCC[N+](C)(C)C. The molecule has 2 atom stereocenters. The number of unbranched alkanes of at least 4 members (excludes halogenated alkanes) is 15. The van der Waals surface area contributed by atoms with Crippen LogP contribution >= 0.6 is 7.82 Å². The van der Waals surface area contributed by atoms with Gasteiger partial charge in [-0.2, -0.15) is 0 Å². The van der Waals surface area contributed by atoms with Gasteiger partial charge in [0.15, 0.2) is 0 Å². The van der Waals surface area contributed by atoms with E-state index < -0.39 is 26.5 Å². The van der Waals surface area contributed by atoms with Crippen LogP contribution in [0.4, 0.5) is 0 Å². The summed E-state index contributed by atoms with van der Waals surface area (Å²) in [6, 6.07) is 0. The molecule has 0 fully saturated rings. The molecule has 0 aromatic rings. The monoisotopic (exact) mass is 567 g/mol. The van der Waals surface area contributed by atoms with Crippen molar-refractivity contribution < 1.29 is 37.6 Å². The highest BCUT2D eigenvalue weighted by molar-refractivity contribution is 7.45. The highest BCUT2D eigenvalue weighted by Crippen LogP contribution is 2.38. The fraction of sp³-hybridized carbons (Fsp3) is 0.966. The van der Waals surface area contributed by atoms with Gasteiger partial charge in [-0.3, -0.25) is 9.36 Å². The average Bonchev–Trinajstić information content (AvgIpc) is 2.85. The lowest BCUT2D eigenvalue weighted by molar-refractivity contribution is -0.870. The minimum absolute atomic E-state index is 0.0122. The summed E-state index contributed by atoms with van der Waals surface area (Å²) < 4.78 is 26.8. The summed E-state index contributed by atoms with van der Waals surface area (Å²) in [5, 5.41) is 9.84. The molecular weight excluding hydrogens is 505 g/mol. The highest BCUT2D eigenvalue weighted by Gasteiger charge is 2.18. The molecule has 0 rings (SSSR count). The molecule has 38 heavy (non-hydrogen) atoms. The lowest BCUT2D eigenvalue weighted by atomic mass is 10.0. The third-order valence-electron chi connectivity index (χ3n) is 6.10. The van der Waals surface area contributed by atoms with Gasteiger partial charge in [-0.1, -0.05) is 117 Å². The Morgan fingerprint density at radius 3 is 1.61 bits per heavy atom. The Kier molecular flexibility index (Phi) is 27.9. The van der Waals surface area contributed by atoms with E-state index in [1.165, 1.54) is 83.5 Å². The molecule has 0 spiro atoms. The maximum atomic E-state index is 11.8. The number of carbonyl (C=O) groups excluding carboxylic acids is 1. The number of esters is 1. The zero-order chi connectivity index (χ0) is 29.1. The molecule has 0 aliphatic rings. The van der Waals surface area contributed by atoms with Crippen LogP contribution in [-0.2, 0) is 23.1 Å². The van der Waals surface area contributed by atoms with E-state index in [4.69, 9.17) is 9.26 Å². The van der Waals surface area contributed by atoms with Gasteiger partial charge in [0, 0.05) is 0 Å². The van der Waals surface area contributed by atoms with E-state index in [1.807, 2.05) is 35.0 Å². The van der Waals surface area contributed by atoms with Crippen LogP contribution in [0.25, 0.3) is 0 Å². The molecule has 0 saturated heterocycles. The molecule has 0 aromatic heterocycles. The van der Waals surface area contributed by atoms with Gasteiger partial charge in [0.25, 0.3) is 7.82 Å². The third kappa shape index (κ3) is 31.7. The predicted octanol–water partition coefficient (Wildman–Crippen LogP) is 6.78. The molecule has 0 bridgehead atoms. The number of nitrogens with zero attached hydrogens (tertiary/aromatic N) is 1. The largest absolute Gasteiger partial charge is 0.756 e. The van der Waals surface area contributed by atoms with Crippen molar-refractivity contribution in [3.8, 4) is 0 Å². The van der Waals surface area contributed by atoms with Crippen LogP contribution in [0.15, 0.2) is 0 Å². The number of hydrogen-bond donors (Lipinski definition) is 1. The summed E-state index contributed by atoms with van der Waals surface area (Å²) in [5.74, 6) is -0.557. The number of ether oxygens (including phenoxy) is 1. The number of quaternary nitrogens is 1. The number of aliphatic hydroxyl groups is 1. The number of phosphoric acid groups is 1. The van der Waals surface area contributed by atoms with Crippen molar-refractivity contribution in [2.24, 2.45) is 0 Å². The molecule has 0 heterocycles. The van der Waals surface area contributed by atoms with Crippen molar-refractivity contribution in [3.05, 3.63) is 0 Å². The molecule has 2 unspecified atom stereocenters. The minimum Gasteiger partial charge on any atom is -0.756 e. The van der Waals surface area contributed by atoms with E-state index in [0.29, 0.717) is 17.6 Å². The lowest BCUT2D eigenvalue weighted by Crippen LogP contribution is -2.37. The van der Waals surface area contributed by atoms with Crippen molar-refractivity contribution in [2.45, 2.75) is 136 Å². The van der Waals surface area contributed by atoms with Crippen molar-refractivity contribution in [1.82, 2.24) is 0 Å².